The maximum absolute atomic E-state index is 12.1. The van der Waals surface area contributed by atoms with Gasteiger partial charge in [-0.05, 0) is 18.9 Å². The van der Waals surface area contributed by atoms with Gasteiger partial charge in [0.2, 0.25) is 17.6 Å². The van der Waals surface area contributed by atoms with Crippen LogP contribution in [0.2, 0.25) is 0 Å². The number of ether oxygens (including phenoxy) is 2. The molecule has 0 radical (unpaired) electrons. The van der Waals surface area contributed by atoms with Crippen molar-refractivity contribution in [3.8, 4) is 17.3 Å². The first kappa shape index (κ1) is 13.9. The van der Waals surface area contributed by atoms with Crippen LogP contribution >= 0.6 is 0 Å². The van der Waals surface area contributed by atoms with Gasteiger partial charge in [-0.1, -0.05) is 5.16 Å². The average molecular weight is 297 g/mol. The van der Waals surface area contributed by atoms with Crippen molar-refractivity contribution in [3.05, 3.63) is 24.2 Å². The van der Waals surface area contributed by atoms with Gasteiger partial charge in [-0.15, -0.1) is 0 Å². The SMILES string of the molecule is FC(F)Oc1cc(-c2noc(CCOC3CC3)n2)ccn1. The van der Waals surface area contributed by atoms with E-state index >= 15 is 0 Å². The first-order chi connectivity index (χ1) is 10.2. The summed E-state index contributed by atoms with van der Waals surface area (Å²) in [6.45, 7) is -2.39. The van der Waals surface area contributed by atoms with E-state index in [-0.39, 0.29) is 5.88 Å². The van der Waals surface area contributed by atoms with E-state index in [4.69, 9.17) is 9.26 Å². The second-order valence-corrected chi connectivity index (χ2v) is 4.59. The van der Waals surface area contributed by atoms with Gasteiger partial charge in [0.25, 0.3) is 0 Å². The predicted octanol–water partition coefficient (Wildman–Crippen LogP) is 2.45. The monoisotopic (exact) mass is 297 g/mol. The maximum Gasteiger partial charge on any atom is 0.388 e. The standard InChI is InChI=1S/C13H13F2N3O3/c14-13(15)20-11-7-8(3-5-16-11)12-17-10(21-18-12)4-6-19-9-1-2-9/h3,5,7,9,13H,1-2,4,6H2. The van der Waals surface area contributed by atoms with Crippen molar-refractivity contribution in [3.63, 3.8) is 0 Å². The Morgan fingerprint density at radius 1 is 1.38 bits per heavy atom. The molecule has 1 aliphatic carbocycles. The van der Waals surface area contributed by atoms with Gasteiger partial charge in [0.1, 0.15) is 0 Å². The molecule has 2 aromatic rings. The number of aromatic nitrogens is 3. The molecule has 3 rings (SSSR count). The van der Waals surface area contributed by atoms with E-state index in [1.165, 1.54) is 12.3 Å². The molecule has 1 aliphatic rings. The van der Waals surface area contributed by atoms with Crippen LogP contribution in [-0.4, -0.2) is 34.4 Å². The highest BCUT2D eigenvalue weighted by molar-refractivity contribution is 5.55. The number of halogens is 2. The van der Waals surface area contributed by atoms with Crippen molar-refractivity contribution in [2.75, 3.05) is 6.61 Å². The summed E-state index contributed by atoms with van der Waals surface area (Å²) in [6, 6.07) is 2.93. The number of pyridine rings is 1. The van der Waals surface area contributed by atoms with Gasteiger partial charge in [0.15, 0.2) is 0 Å². The normalized spacial score (nSPS) is 14.6. The lowest BCUT2D eigenvalue weighted by atomic mass is 10.2. The van der Waals surface area contributed by atoms with Gasteiger partial charge in [-0.25, -0.2) is 4.98 Å². The van der Waals surface area contributed by atoms with Gasteiger partial charge in [-0.3, -0.25) is 0 Å². The molecule has 0 atom stereocenters. The molecule has 1 fully saturated rings. The average Bonchev–Trinajstić information content (AvgIpc) is 3.14. The van der Waals surface area contributed by atoms with Gasteiger partial charge < -0.3 is 14.0 Å². The van der Waals surface area contributed by atoms with Crippen molar-refractivity contribution < 1.29 is 22.8 Å². The fourth-order valence-electron chi connectivity index (χ4n) is 1.73. The highest BCUT2D eigenvalue weighted by Crippen LogP contribution is 2.24. The zero-order chi connectivity index (χ0) is 14.7. The summed E-state index contributed by atoms with van der Waals surface area (Å²) in [5.74, 6) is 0.558. The van der Waals surface area contributed by atoms with Crippen LogP contribution in [0.3, 0.4) is 0 Å². The van der Waals surface area contributed by atoms with Gasteiger partial charge in [0.05, 0.1) is 19.1 Å². The molecule has 2 aromatic heterocycles. The van der Waals surface area contributed by atoms with Crippen LogP contribution in [0.1, 0.15) is 18.7 Å². The maximum atomic E-state index is 12.1. The molecule has 1 saturated carbocycles. The molecular weight excluding hydrogens is 284 g/mol. The molecule has 6 nitrogen and oxygen atoms in total. The fraction of sp³-hybridized carbons (Fsp3) is 0.462. The Morgan fingerprint density at radius 2 is 2.24 bits per heavy atom. The lowest BCUT2D eigenvalue weighted by molar-refractivity contribution is -0.0528. The van der Waals surface area contributed by atoms with Crippen molar-refractivity contribution in [2.24, 2.45) is 0 Å². The minimum atomic E-state index is -2.92. The van der Waals surface area contributed by atoms with E-state index in [1.807, 2.05) is 0 Å². The molecule has 0 saturated heterocycles. The predicted molar refractivity (Wildman–Crippen MR) is 66.8 cm³/mol. The number of hydrogen-bond acceptors (Lipinski definition) is 6. The van der Waals surface area contributed by atoms with Gasteiger partial charge in [0, 0.05) is 17.8 Å². The van der Waals surface area contributed by atoms with Gasteiger partial charge in [-0.2, -0.15) is 13.8 Å². The molecule has 0 aliphatic heterocycles. The Bertz CT molecular complexity index is 602. The topological polar surface area (TPSA) is 70.3 Å². The number of alkyl halides is 2. The summed E-state index contributed by atoms with van der Waals surface area (Å²) in [7, 11) is 0. The van der Waals surface area contributed by atoms with Crippen LogP contribution in [0.5, 0.6) is 5.88 Å². The third-order valence-electron chi connectivity index (χ3n) is 2.86. The summed E-state index contributed by atoms with van der Waals surface area (Å²) in [4.78, 5) is 7.87. The van der Waals surface area contributed by atoms with Crippen LogP contribution in [0.4, 0.5) is 8.78 Å². The summed E-state index contributed by atoms with van der Waals surface area (Å²) < 4.78 is 39.1. The molecule has 0 unspecified atom stereocenters. The third kappa shape index (κ3) is 3.94. The van der Waals surface area contributed by atoms with Crippen LogP contribution in [0.15, 0.2) is 22.9 Å². The molecule has 0 amide bonds. The van der Waals surface area contributed by atoms with Crippen LogP contribution in [0.25, 0.3) is 11.4 Å². The molecule has 0 spiro atoms. The van der Waals surface area contributed by atoms with Crippen LogP contribution < -0.4 is 4.74 Å². The quantitative estimate of drug-likeness (QED) is 0.782. The Kier molecular flexibility index (Phi) is 4.05. The number of hydrogen-bond donors (Lipinski definition) is 0. The summed E-state index contributed by atoms with van der Waals surface area (Å²) >= 11 is 0. The molecule has 21 heavy (non-hydrogen) atoms. The summed E-state index contributed by atoms with van der Waals surface area (Å²) in [5.41, 5.74) is 0.499. The fourth-order valence-corrected chi connectivity index (χ4v) is 1.73. The second-order valence-electron chi connectivity index (χ2n) is 4.59. The Labute approximate surface area is 119 Å². The molecule has 0 aromatic carbocycles. The zero-order valence-corrected chi connectivity index (χ0v) is 11.0. The summed E-state index contributed by atoms with van der Waals surface area (Å²) in [5, 5.41) is 3.81. The smallest absolute Gasteiger partial charge is 0.388 e. The largest absolute Gasteiger partial charge is 0.417 e. The molecule has 2 heterocycles. The number of nitrogens with zero attached hydrogens (tertiary/aromatic N) is 3. The van der Waals surface area contributed by atoms with E-state index in [0.29, 0.717) is 36.4 Å². The lowest BCUT2D eigenvalue weighted by Gasteiger charge is -2.03. The lowest BCUT2D eigenvalue weighted by Crippen LogP contribution is -2.03. The van der Waals surface area contributed by atoms with Gasteiger partial charge >= 0.3 is 6.61 Å². The minimum absolute atomic E-state index is 0.189. The Morgan fingerprint density at radius 3 is 3.00 bits per heavy atom. The van der Waals surface area contributed by atoms with Crippen molar-refractivity contribution >= 4 is 0 Å². The van der Waals surface area contributed by atoms with E-state index in [9.17, 15) is 8.78 Å². The molecule has 0 bridgehead atoms. The first-order valence-corrected chi connectivity index (χ1v) is 6.56. The van der Waals surface area contributed by atoms with Crippen molar-refractivity contribution in [2.45, 2.75) is 32.0 Å². The molecule has 112 valence electrons. The van der Waals surface area contributed by atoms with Crippen LogP contribution in [-0.2, 0) is 11.2 Å². The first-order valence-electron chi connectivity index (χ1n) is 6.56. The van der Waals surface area contributed by atoms with Crippen molar-refractivity contribution in [1.82, 2.24) is 15.1 Å². The van der Waals surface area contributed by atoms with E-state index < -0.39 is 6.61 Å². The summed E-state index contributed by atoms with van der Waals surface area (Å²) in [6.07, 6.45) is 4.47. The van der Waals surface area contributed by atoms with E-state index in [0.717, 1.165) is 12.8 Å². The second kappa shape index (κ2) is 6.13. The third-order valence-corrected chi connectivity index (χ3v) is 2.86. The van der Waals surface area contributed by atoms with E-state index in [1.54, 1.807) is 6.07 Å². The minimum Gasteiger partial charge on any atom is -0.417 e. The molecule has 8 heteroatoms. The Balaban J connectivity index is 1.64. The van der Waals surface area contributed by atoms with Crippen LogP contribution in [0, 0.1) is 0 Å². The highest BCUT2D eigenvalue weighted by atomic mass is 19.3. The Hall–Kier alpha value is -2.09. The zero-order valence-electron chi connectivity index (χ0n) is 11.0. The number of rotatable bonds is 7. The van der Waals surface area contributed by atoms with Crippen molar-refractivity contribution in [1.29, 1.82) is 0 Å². The van der Waals surface area contributed by atoms with E-state index in [2.05, 4.69) is 19.9 Å². The molecular formula is C13H13F2N3O3. The molecule has 0 N–H and O–H groups in total. The highest BCUT2D eigenvalue weighted by Gasteiger charge is 2.22.